The Labute approximate surface area is 103 Å². The summed E-state index contributed by atoms with van der Waals surface area (Å²) < 4.78 is 10.1. The molecule has 0 amide bonds. The highest BCUT2D eigenvalue weighted by atomic mass is 16.7. The lowest BCUT2D eigenvalue weighted by Crippen LogP contribution is -2.57. The molecule has 1 aromatic rings. The number of nitrogens with one attached hydrogen (secondary N) is 1. The number of aliphatic hydroxyl groups excluding tert-OH is 3. The van der Waals surface area contributed by atoms with Gasteiger partial charge in [-0.1, -0.05) is 0 Å². The third kappa shape index (κ3) is 2.39. The molecule has 1 aromatic heterocycles. The Morgan fingerprint density at radius 3 is 2.67 bits per heavy atom. The van der Waals surface area contributed by atoms with Crippen LogP contribution in [-0.4, -0.2) is 57.0 Å². The van der Waals surface area contributed by atoms with Crippen LogP contribution in [0.2, 0.25) is 0 Å². The molecule has 1 saturated heterocycles. The van der Waals surface area contributed by atoms with E-state index in [0.717, 1.165) is 0 Å². The largest absolute Gasteiger partial charge is 0.428 e. The summed E-state index contributed by atoms with van der Waals surface area (Å²) in [4.78, 5) is 14.3. The Balaban J connectivity index is 2.03. The van der Waals surface area contributed by atoms with Crippen molar-refractivity contribution in [3.8, 4) is 0 Å². The summed E-state index contributed by atoms with van der Waals surface area (Å²) in [6, 6.07) is 3.13. The highest BCUT2D eigenvalue weighted by molar-refractivity contribution is 5.87. The second-order valence-electron chi connectivity index (χ2n) is 4.17. The Morgan fingerprint density at radius 1 is 1.33 bits per heavy atom. The lowest BCUT2D eigenvalue weighted by molar-refractivity contribution is -0.276. The van der Waals surface area contributed by atoms with Gasteiger partial charge in [0.15, 0.2) is 0 Å². The maximum Gasteiger partial charge on any atom is 0.357 e. The molecule has 0 aromatic carbocycles. The molecule has 1 aliphatic rings. The number of rotatable bonds is 2. The number of aromatic nitrogens is 1. The molecule has 0 radical (unpaired) electrons. The first-order valence-electron chi connectivity index (χ1n) is 5.54. The Morgan fingerprint density at radius 2 is 2.06 bits per heavy atom. The smallest absolute Gasteiger partial charge is 0.357 e. The Kier molecular flexibility index (Phi) is 3.67. The predicted molar refractivity (Wildman–Crippen MR) is 58.6 cm³/mol. The minimum atomic E-state index is -1.49. The third-order valence-corrected chi connectivity index (χ3v) is 2.85. The van der Waals surface area contributed by atoms with E-state index in [1.807, 2.05) is 0 Å². The Hall–Kier alpha value is -1.41. The van der Waals surface area contributed by atoms with Crippen LogP contribution in [0.5, 0.6) is 0 Å². The normalized spacial score (nSPS) is 36.3. The van der Waals surface area contributed by atoms with E-state index in [0.29, 0.717) is 0 Å². The molecule has 1 aliphatic heterocycles. The van der Waals surface area contributed by atoms with Gasteiger partial charge in [-0.25, -0.2) is 4.79 Å². The van der Waals surface area contributed by atoms with Crippen molar-refractivity contribution in [1.82, 2.24) is 4.98 Å². The van der Waals surface area contributed by atoms with E-state index in [-0.39, 0.29) is 5.69 Å². The molecule has 0 spiro atoms. The number of esters is 1. The van der Waals surface area contributed by atoms with Gasteiger partial charge in [-0.05, 0) is 19.1 Å². The molecule has 5 atom stereocenters. The van der Waals surface area contributed by atoms with Crippen molar-refractivity contribution in [1.29, 1.82) is 0 Å². The van der Waals surface area contributed by atoms with E-state index in [2.05, 4.69) is 4.98 Å². The topological polar surface area (TPSA) is 112 Å². The van der Waals surface area contributed by atoms with Crippen molar-refractivity contribution in [2.75, 3.05) is 0 Å². The average Bonchev–Trinajstić information content (AvgIpc) is 2.87. The molecule has 2 rings (SSSR count). The van der Waals surface area contributed by atoms with Gasteiger partial charge in [0.05, 0.1) is 6.10 Å². The first-order chi connectivity index (χ1) is 8.50. The van der Waals surface area contributed by atoms with Gasteiger partial charge >= 0.3 is 5.97 Å². The van der Waals surface area contributed by atoms with Gasteiger partial charge in [0.2, 0.25) is 6.29 Å². The van der Waals surface area contributed by atoms with Crippen LogP contribution in [0.3, 0.4) is 0 Å². The standard InChI is InChI=1S/C11H15NO6/c1-5-7(13)8(14)9(15)11(17-5)18-10(16)6-3-2-4-12-6/h2-5,7-9,11-15H,1H3/t5-,7+,8-,9+,11-/m0/s1. The van der Waals surface area contributed by atoms with E-state index >= 15 is 0 Å². The average molecular weight is 257 g/mol. The molecule has 7 nitrogen and oxygen atoms in total. The number of hydrogen-bond acceptors (Lipinski definition) is 6. The summed E-state index contributed by atoms with van der Waals surface area (Å²) in [6.07, 6.45) is -4.64. The van der Waals surface area contributed by atoms with Gasteiger partial charge in [-0.2, -0.15) is 0 Å². The fourth-order valence-corrected chi connectivity index (χ4v) is 1.74. The minimum absolute atomic E-state index is 0.207. The number of H-pyrrole nitrogens is 1. The van der Waals surface area contributed by atoms with Gasteiger partial charge in [-0.15, -0.1) is 0 Å². The van der Waals surface area contributed by atoms with Crippen LogP contribution in [0, 0.1) is 0 Å². The summed E-state index contributed by atoms with van der Waals surface area (Å²) >= 11 is 0. The maximum atomic E-state index is 11.6. The van der Waals surface area contributed by atoms with Crippen LogP contribution in [0.15, 0.2) is 18.3 Å². The number of carbonyl (C=O) groups excluding carboxylic acids is 1. The van der Waals surface area contributed by atoms with Gasteiger partial charge in [0, 0.05) is 6.20 Å². The Bertz CT molecular complexity index is 406. The van der Waals surface area contributed by atoms with Gasteiger partial charge in [0.1, 0.15) is 24.0 Å². The van der Waals surface area contributed by atoms with Crippen molar-refractivity contribution in [3.05, 3.63) is 24.0 Å². The predicted octanol–water partition coefficient (Wildman–Crippen LogP) is -1.00. The van der Waals surface area contributed by atoms with Crippen molar-refractivity contribution in [2.24, 2.45) is 0 Å². The molecule has 1 fully saturated rings. The summed E-state index contributed by atoms with van der Waals surface area (Å²) in [5.41, 5.74) is 0.207. The quantitative estimate of drug-likeness (QED) is 0.505. The van der Waals surface area contributed by atoms with Crippen LogP contribution < -0.4 is 0 Å². The van der Waals surface area contributed by atoms with Crippen molar-refractivity contribution < 1.29 is 29.6 Å². The first kappa shape index (κ1) is 13.0. The highest BCUT2D eigenvalue weighted by Crippen LogP contribution is 2.22. The summed E-state index contributed by atoms with van der Waals surface area (Å²) in [6.45, 7) is 1.51. The maximum absolute atomic E-state index is 11.6. The number of carbonyl (C=O) groups is 1. The molecule has 0 bridgehead atoms. The SMILES string of the molecule is C[C@@H]1O[C@@H](OC(=O)c2ccc[nH]2)[C@H](O)[C@@H](O)[C@@H]1O. The van der Waals surface area contributed by atoms with Gasteiger partial charge in [-0.3, -0.25) is 0 Å². The number of aromatic amines is 1. The van der Waals surface area contributed by atoms with Gasteiger partial charge in [0.25, 0.3) is 0 Å². The first-order valence-corrected chi connectivity index (χ1v) is 5.54. The van der Waals surface area contributed by atoms with Crippen LogP contribution in [0.4, 0.5) is 0 Å². The van der Waals surface area contributed by atoms with Gasteiger partial charge < -0.3 is 29.8 Å². The van der Waals surface area contributed by atoms with Crippen LogP contribution >= 0.6 is 0 Å². The highest BCUT2D eigenvalue weighted by Gasteiger charge is 2.43. The molecule has 0 aliphatic carbocycles. The fourth-order valence-electron chi connectivity index (χ4n) is 1.74. The zero-order valence-electron chi connectivity index (χ0n) is 9.69. The minimum Gasteiger partial charge on any atom is -0.428 e. The third-order valence-electron chi connectivity index (χ3n) is 2.85. The number of hydrogen-bond donors (Lipinski definition) is 4. The second kappa shape index (κ2) is 5.07. The van der Waals surface area contributed by atoms with E-state index in [1.165, 1.54) is 13.0 Å². The summed E-state index contributed by atoms with van der Waals surface area (Å²) in [5.74, 6) is -0.708. The fraction of sp³-hybridized carbons (Fsp3) is 0.545. The van der Waals surface area contributed by atoms with E-state index < -0.39 is 36.7 Å². The molecule has 18 heavy (non-hydrogen) atoms. The second-order valence-corrected chi connectivity index (χ2v) is 4.17. The molecule has 0 saturated carbocycles. The van der Waals surface area contributed by atoms with Crippen LogP contribution in [0.25, 0.3) is 0 Å². The number of aliphatic hydroxyl groups is 3. The zero-order chi connectivity index (χ0) is 13.3. The summed E-state index contributed by atoms with van der Waals surface area (Å²) in [7, 11) is 0. The van der Waals surface area contributed by atoms with E-state index in [9.17, 15) is 20.1 Å². The molecular formula is C11H15NO6. The van der Waals surface area contributed by atoms with Crippen molar-refractivity contribution in [2.45, 2.75) is 37.6 Å². The van der Waals surface area contributed by atoms with Crippen LogP contribution in [0.1, 0.15) is 17.4 Å². The number of ether oxygens (including phenoxy) is 2. The lowest BCUT2D eigenvalue weighted by atomic mass is 10.0. The molecule has 100 valence electrons. The zero-order valence-corrected chi connectivity index (χ0v) is 9.69. The van der Waals surface area contributed by atoms with E-state index in [4.69, 9.17) is 9.47 Å². The molecule has 0 unspecified atom stereocenters. The lowest BCUT2D eigenvalue weighted by Gasteiger charge is -2.38. The molecular weight excluding hydrogens is 242 g/mol. The van der Waals surface area contributed by atoms with Crippen LogP contribution in [-0.2, 0) is 9.47 Å². The molecule has 4 N–H and O–H groups in total. The molecule has 7 heteroatoms. The monoisotopic (exact) mass is 257 g/mol. The van der Waals surface area contributed by atoms with Crippen molar-refractivity contribution >= 4 is 5.97 Å². The van der Waals surface area contributed by atoms with E-state index in [1.54, 1.807) is 12.3 Å². The molecule has 2 heterocycles. The summed E-state index contributed by atoms with van der Waals surface area (Å²) in [5, 5.41) is 28.7. The van der Waals surface area contributed by atoms with Crippen molar-refractivity contribution in [3.63, 3.8) is 0 Å².